The third-order valence-corrected chi connectivity index (χ3v) is 5.42. The van der Waals surface area contributed by atoms with Crippen molar-refractivity contribution in [3.8, 4) is 23.2 Å². The molecule has 0 aliphatic carbocycles. The van der Waals surface area contributed by atoms with E-state index < -0.39 is 11.6 Å². The number of rotatable bonds is 5. The summed E-state index contributed by atoms with van der Waals surface area (Å²) in [7, 11) is 1.54. The van der Waals surface area contributed by atoms with Gasteiger partial charge in [-0.25, -0.2) is 28.7 Å². The molecule has 0 N–H and O–H groups in total. The van der Waals surface area contributed by atoms with Crippen LogP contribution in [0.25, 0.3) is 39.5 Å². The summed E-state index contributed by atoms with van der Waals surface area (Å²) in [6.45, 7) is 0.130. The van der Waals surface area contributed by atoms with E-state index in [4.69, 9.17) is 9.15 Å². The van der Waals surface area contributed by atoms with Gasteiger partial charge in [0.1, 0.15) is 23.5 Å². The number of fused-ring (bicyclic) bond motifs is 2. The van der Waals surface area contributed by atoms with Gasteiger partial charge >= 0.3 is 0 Å². The number of nitrogens with zero attached hydrogens (tertiary/aromatic N) is 7. The van der Waals surface area contributed by atoms with Crippen molar-refractivity contribution < 1.29 is 17.9 Å². The first kappa shape index (κ1) is 20.0. The normalized spacial score (nSPS) is 11.5. The molecule has 0 spiro atoms. The van der Waals surface area contributed by atoms with Crippen molar-refractivity contribution in [1.82, 2.24) is 34.1 Å². The second-order valence-electron chi connectivity index (χ2n) is 7.50. The molecule has 5 heterocycles. The van der Waals surface area contributed by atoms with Gasteiger partial charge in [-0.2, -0.15) is 4.98 Å². The zero-order valence-electron chi connectivity index (χ0n) is 17.7. The monoisotopic (exact) mass is 459 g/mol. The maximum absolute atomic E-state index is 13.9. The number of benzene rings is 1. The summed E-state index contributed by atoms with van der Waals surface area (Å²) in [5, 5.41) is 0. The zero-order valence-corrected chi connectivity index (χ0v) is 17.7. The van der Waals surface area contributed by atoms with Crippen LogP contribution in [0.1, 0.15) is 5.56 Å². The Hall–Kier alpha value is -4.67. The fraction of sp³-hybridized carbons (Fsp3) is 0.0870. The molecule has 0 aliphatic rings. The molecule has 0 aliphatic heterocycles. The van der Waals surface area contributed by atoms with Gasteiger partial charge in [-0.15, -0.1) is 0 Å². The van der Waals surface area contributed by atoms with Crippen LogP contribution in [0.15, 0.2) is 66.1 Å². The number of hydrogen-bond donors (Lipinski definition) is 0. The minimum Gasteiger partial charge on any atom is -0.479 e. The molecule has 0 saturated heterocycles. The smallest absolute Gasteiger partial charge is 0.241 e. The molecule has 168 valence electrons. The highest BCUT2D eigenvalue weighted by Gasteiger charge is 2.19. The number of halogens is 2. The molecule has 0 radical (unpaired) electrons. The van der Waals surface area contributed by atoms with Gasteiger partial charge in [0.2, 0.25) is 5.88 Å². The van der Waals surface area contributed by atoms with Crippen molar-refractivity contribution in [3.05, 3.63) is 78.8 Å². The van der Waals surface area contributed by atoms with Crippen molar-refractivity contribution >= 4 is 22.2 Å². The lowest BCUT2D eigenvalue weighted by Crippen LogP contribution is -2.04. The van der Waals surface area contributed by atoms with E-state index in [1.165, 1.54) is 38.2 Å². The largest absolute Gasteiger partial charge is 0.479 e. The lowest BCUT2D eigenvalue weighted by Gasteiger charge is -2.10. The van der Waals surface area contributed by atoms with Gasteiger partial charge in [0.05, 0.1) is 42.8 Å². The van der Waals surface area contributed by atoms with Gasteiger partial charge in [-0.05, 0) is 29.8 Å². The summed E-state index contributed by atoms with van der Waals surface area (Å²) in [6, 6.07) is 7.10. The average Bonchev–Trinajstić information content (AvgIpc) is 3.57. The Morgan fingerprint density at radius 3 is 2.65 bits per heavy atom. The van der Waals surface area contributed by atoms with Crippen molar-refractivity contribution in [3.63, 3.8) is 0 Å². The first-order valence-corrected chi connectivity index (χ1v) is 10.2. The summed E-state index contributed by atoms with van der Waals surface area (Å²) >= 11 is 0. The molecule has 0 unspecified atom stereocenters. The van der Waals surface area contributed by atoms with Gasteiger partial charge in [-0.3, -0.25) is 0 Å². The van der Waals surface area contributed by atoms with E-state index in [1.54, 1.807) is 10.8 Å². The van der Waals surface area contributed by atoms with Crippen LogP contribution in [0.3, 0.4) is 0 Å². The quantitative estimate of drug-likeness (QED) is 0.382. The van der Waals surface area contributed by atoms with Gasteiger partial charge in [-0.1, -0.05) is 0 Å². The van der Waals surface area contributed by atoms with Gasteiger partial charge < -0.3 is 18.3 Å². The molecule has 6 aromatic rings. The molecule has 0 fully saturated rings. The lowest BCUT2D eigenvalue weighted by molar-refractivity contribution is 0.401. The average molecular weight is 459 g/mol. The van der Waals surface area contributed by atoms with Crippen LogP contribution in [0.4, 0.5) is 8.78 Å². The van der Waals surface area contributed by atoms with Crippen molar-refractivity contribution in [2.75, 3.05) is 7.11 Å². The van der Waals surface area contributed by atoms with Crippen molar-refractivity contribution in [2.24, 2.45) is 0 Å². The van der Waals surface area contributed by atoms with Crippen LogP contribution in [0.5, 0.6) is 5.88 Å². The van der Waals surface area contributed by atoms with Crippen molar-refractivity contribution in [1.29, 1.82) is 0 Å². The van der Waals surface area contributed by atoms with E-state index in [0.29, 0.717) is 50.9 Å². The third-order valence-electron chi connectivity index (χ3n) is 5.42. The van der Waals surface area contributed by atoms with Crippen LogP contribution in [0, 0.1) is 11.6 Å². The topological polar surface area (TPSA) is 96.7 Å². The molecule has 0 amide bonds. The van der Waals surface area contributed by atoms with Gasteiger partial charge in [0.25, 0.3) is 0 Å². The molecule has 34 heavy (non-hydrogen) atoms. The summed E-state index contributed by atoms with van der Waals surface area (Å²) in [5.74, 6) is -0.0742. The first-order chi connectivity index (χ1) is 16.6. The van der Waals surface area contributed by atoms with Crippen LogP contribution in [-0.4, -0.2) is 41.2 Å². The molecule has 6 rings (SSSR count). The molecule has 0 atom stereocenters. The zero-order chi connectivity index (χ0) is 23.2. The third kappa shape index (κ3) is 3.25. The Balaban J connectivity index is 1.56. The van der Waals surface area contributed by atoms with Gasteiger partial charge in [0, 0.05) is 12.3 Å². The summed E-state index contributed by atoms with van der Waals surface area (Å²) in [6.07, 6.45) is 7.75. The van der Waals surface area contributed by atoms with E-state index in [2.05, 4.69) is 24.9 Å². The van der Waals surface area contributed by atoms with Crippen LogP contribution < -0.4 is 4.74 Å². The molecular formula is C23H15F2N7O2. The number of methoxy groups -OCH3 is 1. The molecular weight excluding hydrogens is 444 g/mol. The number of aromatic nitrogens is 7. The predicted octanol–water partition coefficient (Wildman–Crippen LogP) is 4.16. The Morgan fingerprint density at radius 1 is 1.03 bits per heavy atom. The highest BCUT2D eigenvalue weighted by Crippen LogP contribution is 2.29. The van der Waals surface area contributed by atoms with E-state index in [0.717, 1.165) is 6.07 Å². The van der Waals surface area contributed by atoms with Crippen LogP contribution in [0.2, 0.25) is 0 Å². The molecule has 5 aromatic heterocycles. The summed E-state index contributed by atoms with van der Waals surface area (Å²) in [4.78, 5) is 21.6. The summed E-state index contributed by atoms with van der Waals surface area (Å²) in [5.41, 5.74) is 3.58. The molecule has 0 bridgehead atoms. The SMILES string of the molecule is COc1ncnc2ccn(-c3cnc4nc(-c5cnco5)n(Cc5cc(F)cc(F)c5)c4c3)c12. The number of pyridine rings is 1. The lowest BCUT2D eigenvalue weighted by atomic mass is 10.2. The van der Waals surface area contributed by atoms with Crippen LogP contribution in [-0.2, 0) is 6.54 Å². The fourth-order valence-electron chi connectivity index (χ4n) is 3.99. The second kappa shape index (κ2) is 7.73. The van der Waals surface area contributed by atoms with Crippen LogP contribution >= 0.6 is 0 Å². The maximum atomic E-state index is 13.9. The van der Waals surface area contributed by atoms with Gasteiger partial charge in [0.15, 0.2) is 23.6 Å². The molecule has 0 saturated carbocycles. The Morgan fingerprint density at radius 2 is 1.88 bits per heavy atom. The summed E-state index contributed by atoms with van der Waals surface area (Å²) < 4.78 is 42.3. The second-order valence-corrected chi connectivity index (χ2v) is 7.50. The number of hydrogen-bond acceptors (Lipinski definition) is 7. The van der Waals surface area contributed by atoms with E-state index >= 15 is 0 Å². The fourth-order valence-corrected chi connectivity index (χ4v) is 3.99. The Bertz CT molecular complexity index is 1640. The highest BCUT2D eigenvalue weighted by atomic mass is 19.1. The molecule has 9 nitrogen and oxygen atoms in total. The van der Waals surface area contributed by atoms with Crippen molar-refractivity contribution in [2.45, 2.75) is 6.54 Å². The Labute approximate surface area is 190 Å². The molecule has 1 aromatic carbocycles. The maximum Gasteiger partial charge on any atom is 0.241 e. The number of ether oxygens (including phenoxy) is 1. The van der Waals surface area contributed by atoms with E-state index in [9.17, 15) is 8.78 Å². The number of oxazole rings is 1. The van der Waals surface area contributed by atoms with E-state index in [1.807, 2.05) is 22.9 Å². The van der Waals surface area contributed by atoms with E-state index in [-0.39, 0.29) is 6.54 Å². The first-order valence-electron chi connectivity index (χ1n) is 10.2. The highest BCUT2D eigenvalue weighted by molar-refractivity contribution is 5.84. The predicted molar refractivity (Wildman–Crippen MR) is 117 cm³/mol. The minimum absolute atomic E-state index is 0.130. The Kier molecular flexibility index (Phi) is 4.54. The number of imidazole rings is 1. The molecule has 11 heteroatoms. The minimum atomic E-state index is -0.662. The standard InChI is InChI=1S/C23H15F2N7O2/c1-33-23-20-17(28-11-29-23)2-3-31(20)16-7-18-21(27-8-16)30-22(19-9-26-12-34-19)32(18)10-13-4-14(24)6-15(25)5-13/h2-9,11-12H,10H2,1H3.